The van der Waals surface area contributed by atoms with Crippen LogP contribution in [0.15, 0.2) is 0 Å². The smallest absolute Gasteiger partial charge is 0.323 e. The lowest BCUT2D eigenvalue weighted by molar-refractivity contribution is -0.149. The third-order valence-corrected chi connectivity index (χ3v) is 2.44. The first kappa shape index (κ1) is 14.4. The first-order chi connectivity index (χ1) is 6.57. The molecule has 0 aliphatic carbocycles. The predicted molar refractivity (Wildman–Crippen MR) is 60.0 cm³/mol. The Morgan fingerprint density at radius 2 is 1.73 bits per heavy atom. The average molecular weight is 217 g/mol. The highest BCUT2D eigenvalue weighted by molar-refractivity contribution is 5.77. The molecule has 1 N–H and O–H groups in total. The van der Waals surface area contributed by atoms with Crippen LogP contribution >= 0.6 is 0 Å². The van der Waals surface area contributed by atoms with Gasteiger partial charge in [-0.2, -0.15) is 0 Å². The number of nitrogens with zero attached hydrogens (tertiary/aromatic N) is 1. The van der Waals surface area contributed by atoms with Crippen molar-refractivity contribution in [1.29, 1.82) is 0 Å². The van der Waals surface area contributed by atoms with Gasteiger partial charge in [-0.1, -0.05) is 0 Å². The molecule has 0 saturated heterocycles. The Hall–Kier alpha value is -0.610. The van der Waals surface area contributed by atoms with Gasteiger partial charge < -0.3 is 9.84 Å². The zero-order valence-electron chi connectivity index (χ0n) is 10.6. The minimum Gasteiger partial charge on any atom is -0.480 e. The minimum atomic E-state index is -0.846. The maximum atomic E-state index is 10.9. The van der Waals surface area contributed by atoms with Gasteiger partial charge in [0.15, 0.2) is 0 Å². The Labute approximate surface area is 92.2 Å². The van der Waals surface area contributed by atoms with E-state index in [2.05, 4.69) is 0 Å². The number of carboxylic acids is 1. The largest absolute Gasteiger partial charge is 0.480 e. The molecule has 0 spiro atoms. The number of hydrogen-bond donors (Lipinski definition) is 1. The fourth-order valence-electron chi connectivity index (χ4n) is 0.932. The van der Waals surface area contributed by atoms with Crippen molar-refractivity contribution in [3.8, 4) is 0 Å². The van der Waals surface area contributed by atoms with Crippen molar-refractivity contribution in [3.63, 3.8) is 0 Å². The van der Waals surface area contributed by atoms with Crippen LogP contribution in [0.4, 0.5) is 0 Å². The van der Waals surface area contributed by atoms with Crippen LogP contribution in [0.3, 0.4) is 0 Å². The highest BCUT2D eigenvalue weighted by Gasteiger charge is 2.31. The van der Waals surface area contributed by atoms with Crippen LogP contribution in [-0.4, -0.2) is 47.3 Å². The van der Waals surface area contributed by atoms with Gasteiger partial charge in [0, 0.05) is 6.54 Å². The van der Waals surface area contributed by atoms with E-state index in [1.54, 1.807) is 25.8 Å². The molecule has 0 atom stereocenters. The van der Waals surface area contributed by atoms with Crippen LogP contribution in [0, 0.1) is 0 Å². The molecule has 0 aliphatic rings. The van der Waals surface area contributed by atoms with Gasteiger partial charge in [0.1, 0.15) is 5.54 Å². The van der Waals surface area contributed by atoms with E-state index in [0.29, 0.717) is 13.2 Å². The first-order valence-corrected chi connectivity index (χ1v) is 5.16. The van der Waals surface area contributed by atoms with E-state index >= 15 is 0 Å². The van der Waals surface area contributed by atoms with Crippen molar-refractivity contribution < 1.29 is 14.6 Å². The molecule has 0 fully saturated rings. The SMILES string of the molecule is CN(CCOC(C)(C)C)C(C)(C)C(=O)O. The molecule has 0 aromatic rings. The van der Waals surface area contributed by atoms with E-state index in [-0.39, 0.29) is 5.60 Å². The Morgan fingerprint density at radius 1 is 1.27 bits per heavy atom. The van der Waals surface area contributed by atoms with Gasteiger partial charge in [-0.05, 0) is 41.7 Å². The van der Waals surface area contributed by atoms with Crippen molar-refractivity contribution in [3.05, 3.63) is 0 Å². The maximum absolute atomic E-state index is 10.9. The van der Waals surface area contributed by atoms with Gasteiger partial charge in [0.05, 0.1) is 12.2 Å². The average Bonchev–Trinajstić information content (AvgIpc) is 2.01. The topological polar surface area (TPSA) is 49.8 Å². The Kier molecular flexibility index (Phi) is 4.74. The Balaban J connectivity index is 4.05. The highest BCUT2D eigenvalue weighted by atomic mass is 16.5. The Morgan fingerprint density at radius 3 is 2.07 bits per heavy atom. The lowest BCUT2D eigenvalue weighted by atomic mass is 10.0. The van der Waals surface area contributed by atoms with Crippen molar-refractivity contribution >= 4 is 5.97 Å². The molecule has 0 aromatic heterocycles. The number of likely N-dealkylation sites (N-methyl/N-ethyl adjacent to an activating group) is 1. The molecule has 15 heavy (non-hydrogen) atoms. The van der Waals surface area contributed by atoms with E-state index in [4.69, 9.17) is 9.84 Å². The predicted octanol–water partition coefficient (Wildman–Crippen LogP) is 1.60. The molecule has 0 amide bonds. The molecule has 0 saturated carbocycles. The molecule has 4 nitrogen and oxygen atoms in total. The summed E-state index contributed by atoms with van der Waals surface area (Å²) in [5.74, 6) is -0.819. The molecule has 90 valence electrons. The zero-order valence-corrected chi connectivity index (χ0v) is 10.6. The van der Waals surface area contributed by atoms with Crippen LogP contribution in [-0.2, 0) is 9.53 Å². The van der Waals surface area contributed by atoms with Crippen LogP contribution < -0.4 is 0 Å². The number of ether oxygens (including phenoxy) is 1. The van der Waals surface area contributed by atoms with Crippen molar-refractivity contribution in [1.82, 2.24) is 4.90 Å². The first-order valence-electron chi connectivity index (χ1n) is 5.16. The summed E-state index contributed by atoms with van der Waals surface area (Å²) >= 11 is 0. The van der Waals surface area contributed by atoms with Gasteiger partial charge in [-0.3, -0.25) is 9.69 Å². The molecule has 0 radical (unpaired) electrons. The zero-order chi connectivity index (χ0) is 12.3. The number of aliphatic carboxylic acids is 1. The third-order valence-electron chi connectivity index (χ3n) is 2.44. The number of carbonyl (C=O) groups is 1. The summed E-state index contributed by atoms with van der Waals surface area (Å²) in [5, 5.41) is 8.99. The second kappa shape index (κ2) is 4.94. The molecule has 4 heteroatoms. The van der Waals surface area contributed by atoms with Gasteiger partial charge in [-0.15, -0.1) is 0 Å². The van der Waals surface area contributed by atoms with Crippen LogP contribution in [0.1, 0.15) is 34.6 Å². The molecule has 0 aromatic carbocycles. The van der Waals surface area contributed by atoms with Gasteiger partial charge in [0.2, 0.25) is 0 Å². The van der Waals surface area contributed by atoms with Crippen molar-refractivity contribution in [2.24, 2.45) is 0 Å². The van der Waals surface area contributed by atoms with Crippen molar-refractivity contribution in [2.45, 2.75) is 45.8 Å². The van der Waals surface area contributed by atoms with E-state index in [1.165, 1.54) is 0 Å². The summed E-state index contributed by atoms with van der Waals surface area (Å²) in [6.07, 6.45) is 0. The van der Waals surface area contributed by atoms with Gasteiger partial charge >= 0.3 is 5.97 Å². The molecule has 0 heterocycles. The van der Waals surface area contributed by atoms with Crippen LogP contribution in [0.5, 0.6) is 0 Å². The lowest BCUT2D eigenvalue weighted by Crippen LogP contribution is -2.49. The van der Waals surface area contributed by atoms with Crippen LogP contribution in [0.2, 0.25) is 0 Å². The molecule has 0 aliphatic heterocycles. The molecular weight excluding hydrogens is 194 g/mol. The number of hydrogen-bond acceptors (Lipinski definition) is 3. The minimum absolute atomic E-state index is 0.172. The normalized spacial score (nSPS) is 13.3. The summed E-state index contributed by atoms with van der Waals surface area (Å²) in [7, 11) is 1.79. The van der Waals surface area contributed by atoms with Gasteiger partial charge in [-0.25, -0.2) is 0 Å². The molecular formula is C11H23NO3. The van der Waals surface area contributed by atoms with E-state index in [9.17, 15) is 4.79 Å². The standard InChI is InChI=1S/C11H23NO3/c1-10(2,3)15-8-7-12(6)11(4,5)9(13)14/h7-8H2,1-6H3,(H,13,14). The second-order valence-electron chi connectivity index (χ2n) is 5.25. The van der Waals surface area contributed by atoms with Crippen molar-refractivity contribution in [2.75, 3.05) is 20.2 Å². The number of rotatable bonds is 5. The highest BCUT2D eigenvalue weighted by Crippen LogP contribution is 2.13. The van der Waals surface area contributed by atoms with Gasteiger partial charge in [0.25, 0.3) is 0 Å². The third kappa shape index (κ3) is 5.14. The summed E-state index contributed by atoms with van der Waals surface area (Å²) in [6.45, 7) is 10.5. The quantitative estimate of drug-likeness (QED) is 0.760. The van der Waals surface area contributed by atoms with E-state index < -0.39 is 11.5 Å². The summed E-state index contributed by atoms with van der Waals surface area (Å²) in [4.78, 5) is 12.7. The molecule has 0 bridgehead atoms. The van der Waals surface area contributed by atoms with Crippen LogP contribution in [0.25, 0.3) is 0 Å². The fraction of sp³-hybridized carbons (Fsp3) is 0.909. The molecule has 0 unspecified atom stereocenters. The summed E-state index contributed by atoms with van der Waals surface area (Å²) in [6, 6.07) is 0. The Bertz CT molecular complexity index is 218. The fourth-order valence-corrected chi connectivity index (χ4v) is 0.932. The van der Waals surface area contributed by atoms with E-state index in [1.807, 2.05) is 20.8 Å². The van der Waals surface area contributed by atoms with E-state index in [0.717, 1.165) is 0 Å². The summed E-state index contributed by atoms with van der Waals surface area (Å²) < 4.78 is 5.54. The molecule has 0 rings (SSSR count). The summed E-state index contributed by atoms with van der Waals surface area (Å²) in [5.41, 5.74) is -1.02. The maximum Gasteiger partial charge on any atom is 0.323 e. The second-order valence-corrected chi connectivity index (χ2v) is 5.25. The lowest BCUT2D eigenvalue weighted by Gasteiger charge is -2.32. The number of carboxylic acid groups (broad SMARTS) is 1. The monoisotopic (exact) mass is 217 g/mol.